The van der Waals surface area contributed by atoms with Gasteiger partial charge in [0, 0.05) is 24.6 Å². The summed E-state index contributed by atoms with van der Waals surface area (Å²) in [6, 6.07) is 15.3. The van der Waals surface area contributed by atoms with Gasteiger partial charge < -0.3 is 9.64 Å². The van der Waals surface area contributed by atoms with E-state index < -0.39 is 0 Å². The Hall–Kier alpha value is -3.35. The first kappa shape index (κ1) is 19.9. The zero-order valence-electron chi connectivity index (χ0n) is 17.3. The lowest BCUT2D eigenvalue weighted by molar-refractivity contribution is 0.0710. The number of nitrogens with zero attached hydrogens (tertiary/aromatic N) is 3. The van der Waals surface area contributed by atoms with Crippen LogP contribution in [0.25, 0.3) is 0 Å². The Kier molecular flexibility index (Phi) is 5.70. The van der Waals surface area contributed by atoms with E-state index in [0.29, 0.717) is 19.6 Å². The molecule has 2 aromatic carbocycles. The lowest BCUT2D eigenvalue weighted by Crippen LogP contribution is -2.38. The highest BCUT2D eigenvalue weighted by atomic mass is 16.5. The van der Waals surface area contributed by atoms with Crippen molar-refractivity contribution in [3.8, 4) is 5.75 Å². The van der Waals surface area contributed by atoms with Crippen LogP contribution in [0.4, 0.5) is 0 Å². The summed E-state index contributed by atoms with van der Waals surface area (Å²) >= 11 is 0. The van der Waals surface area contributed by atoms with Crippen molar-refractivity contribution in [2.45, 2.75) is 32.2 Å². The van der Waals surface area contributed by atoms with Crippen LogP contribution < -0.4 is 10.4 Å². The van der Waals surface area contributed by atoms with Crippen LogP contribution in [0.3, 0.4) is 0 Å². The molecule has 0 aliphatic carbocycles. The molecule has 4 rings (SSSR count). The topological polar surface area (TPSA) is 80.2 Å². The van der Waals surface area contributed by atoms with E-state index >= 15 is 0 Å². The SMILES string of the molecule is COc1ccc(Cn2c(C3CCN(C(=O)c4ccc(C)cc4)CC3)n[nH]c2=O)cc1. The highest BCUT2D eigenvalue weighted by molar-refractivity contribution is 5.94. The van der Waals surface area contributed by atoms with E-state index in [1.54, 1.807) is 11.7 Å². The van der Waals surface area contributed by atoms with Gasteiger partial charge in [-0.15, -0.1) is 0 Å². The minimum atomic E-state index is -0.209. The third-order valence-corrected chi connectivity index (χ3v) is 5.73. The standard InChI is InChI=1S/C23H26N4O3/c1-16-3-7-19(8-4-16)22(28)26-13-11-18(12-14-26)21-24-25-23(29)27(21)15-17-5-9-20(30-2)10-6-17/h3-10,18H,11-15H2,1-2H3,(H,25,29). The van der Waals surface area contributed by atoms with Crippen molar-refractivity contribution in [1.82, 2.24) is 19.7 Å². The highest BCUT2D eigenvalue weighted by Gasteiger charge is 2.28. The van der Waals surface area contributed by atoms with E-state index in [1.165, 1.54) is 0 Å². The van der Waals surface area contributed by atoms with Crippen molar-refractivity contribution in [1.29, 1.82) is 0 Å². The number of carbonyl (C=O) groups excluding carboxylic acids is 1. The lowest BCUT2D eigenvalue weighted by atomic mass is 9.95. The molecule has 156 valence electrons. The van der Waals surface area contributed by atoms with Gasteiger partial charge in [-0.1, -0.05) is 29.8 Å². The Morgan fingerprint density at radius 3 is 2.40 bits per heavy atom. The Balaban J connectivity index is 1.44. The molecule has 0 saturated carbocycles. The average Bonchev–Trinajstić information content (AvgIpc) is 3.14. The van der Waals surface area contributed by atoms with E-state index in [-0.39, 0.29) is 17.5 Å². The van der Waals surface area contributed by atoms with Crippen LogP contribution in [0, 0.1) is 6.92 Å². The highest BCUT2D eigenvalue weighted by Crippen LogP contribution is 2.27. The molecule has 7 heteroatoms. The normalized spacial score (nSPS) is 14.7. The smallest absolute Gasteiger partial charge is 0.343 e. The summed E-state index contributed by atoms with van der Waals surface area (Å²) < 4.78 is 6.89. The molecule has 0 spiro atoms. The summed E-state index contributed by atoms with van der Waals surface area (Å²) in [6.07, 6.45) is 1.56. The van der Waals surface area contributed by atoms with Gasteiger partial charge in [-0.2, -0.15) is 5.10 Å². The summed E-state index contributed by atoms with van der Waals surface area (Å²) in [5, 5.41) is 6.90. The summed E-state index contributed by atoms with van der Waals surface area (Å²) in [6.45, 7) is 3.77. The molecule has 0 bridgehead atoms. The van der Waals surface area contributed by atoms with E-state index in [0.717, 1.165) is 41.1 Å². The number of rotatable bonds is 5. The zero-order chi connectivity index (χ0) is 21.1. The third-order valence-electron chi connectivity index (χ3n) is 5.73. The monoisotopic (exact) mass is 406 g/mol. The van der Waals surface area contributed by atoms with E-state index in [9.17, 15) is 9.59 Å². The number of methoxy groups -OCH3 is 1. The fraction of sp³-hybridized carbons (Fsp3) is 0.348. The maximum atomic E-state index is 12.8. The largest absolute Gasteiger partial charge is 0.497 e. The number of H-pyrrole nitrogens is 1. The van der Waals surface area contributed by atoms with Crippen LogP contribution in [-0.4, -0.2) is 45.8 Å². The molecule has 1 N–H and O–H groups in total. The lowest BCUT2D eigenvalue weighted by Gasteiger charge is -2.31. The van der Waals surface area contributed by atoms with Crippen LogP contribution >= 0.6 is 0 Å². The fourth-order valence-electron chi connectivity index (χ4n) is 3.93. The van der Waals surface area contributed by atoms with Crippen LogP contribution in [0.2, 0.25) is 0 Å². The minimum absolute atomic E-state index is 0.0612. The number of piperidine rings is 1. The van der Waals surface area contributed by atoms with E-state index in [4.69, 9.17) is 4.74 Å². The van der Waals surface area contributed by atoms with Gasteiger partial charge in [-0.25, -0.2) is 9.89 Å². The number of nitrogens with one attached hydrogen (secondary N) is 1. The predicted molar refractivity (Wildman–Crippen MR) is 114 cm³/mol. The van der Waals surface area contributed by atoms with E-state index in [2.05, 4.69) is 10.2 Å². The molecule has 1 saturated heterocycles. The summed E-state index contributed by atoms with van der Waals surface area (Å²) in [5.41, 5.74) is 2.65. The number of ether oxygens (including phenoxy) is 1. The molecule has 1 fully saturated rings. The van der Waals surface area contributed by atoms with Crippen molar-refractivity contribution in [3.63, 3.8) is 0 Å². The fourth-order valence-corrected chi connectivity index (χ4v) is 3.93. The number of aromatic amines is 1. The first-order chi connectivity index (χ1) is 14.5. The van der Waals surface area contributed by atoms with Gasteiger partial charge in [0.25, 0.3) is 5.91 Å². The first-order valence-electron chi connectivity index (χ1n) is 10.2. The second kappa shape index (κ2) is 8.57. The van der Waals surface area contributed by atoms with Crippen LogP contribution in [0.5, 0.6) is 5.75 Å². The van der Waals surface area contributed by atoms with Gasteiger partial charge in [0.15, 0.2) is 0 Å². The molecule has 3 aromatic rings. The maximum Gasteiger partial charge on any atom is 0.343 e. The number of hydrogen-bond acceptors (Lipinski definition) is 4. The van der Waals surface area contributed by atoms with Crippen LogP contribution in [0.15, 0.2) is 53.3 Å². The molecule has 30 heavy (non-hydrogen) atoms. The van der Waals surface area contributed by atoms with Crippen molar-refractivity contribution in [2.75, 3.05) is 20.2 Å². The van der Waals surface area contributed by atoms with Crippen molar-refractivity contribution in [3.05, 3.63) is 81.5 Å². The van der Waals surface area contributed by atoms with Gasteiger partial charge >= 0.3 is 5.69 Å². The first-order valence-corrected chi connectivity index (χ1v) is 10.2. The molecule has 7 nitrogen and oxygen atoms in total. The molecule has 0 radical (unpaired) electrons. The quantitative estimate of drug-likeness (QED) is 0.706. The van der Waals surface area contributed by atoms with Crippen LogP contribution in [-0.2, 0) is 6.54 Å². The zero-order valence-corrected chi connectivity index (χ0v) is 17.3. The molecular formula is C23H26N4O3. The third kappa shape index (κ3) is 4.15. The van der Waals surface area contributed by atoms with Gasteiger partial charge in [-0.3, -0.25) is 9.36 Å². The minimum Gasteiger partial charge on any atom is -0.497 e. The Morgan fingerprint density at radius 2 is 1.77 bits per heavy atom. The summed E-state index contributed by atoms with van der Waals surface area (Å²) in [4.78, 5) is 27.0. The second-order valence-corrected chi connectivity index (χ2v) is 7.75. The molecule has 0 unspecified atom stereocenters. The molecule has 2 heterocycles. The Bertz CT molecular complexity index is 1060. The van der Waals surface area contributed by atoms with Gasteiger partial charge in [0.2, 0.25) is 0 Å². The molecule has 1 aliphatic heterocycles. The predicted octanol–water partition coefficient (Wildman–Crippen LogP) is 2.96. The van der Waals surface area contributed by atoms with Crippen LogP contribution in [0.1, 0.15) is 46.1 Å². The van der Waals surface area contributed by atoms with Gasteiger partial charge in [0.05, 0.1) is 13.7 Å². The molecule has 1 amide bonds. The number of carbonyl (C=O) groups is 1. The van der Waals surface area contributed by atoms with Gasteiger partial charge in [0.1, 0.15) is 11.6 Å². The molecule has 1 aliphatic rings. The average molecular weight is 406 g/mol. The number of aromatic nitrogens is 3. The molecular weight excluding hydrogens is 380 g/mol. The number of hydrogen-bond donors (Lipinski definition) is 1. The Labute approximate surface area is 175 Å². The summed E-state index contributed by atoms with van der Waals surface area (Å²) in [7, 11) is 1.63. The maximum absolute atomic E-state index is 12.8. The number of likely N-dealkylation sites (tertiary alicyclic amines) is 1. The Morgan fingerprint density at radius 1 is 1.10 bits per heavy atom. The van der Waals surface area contributed by atoms with E-state index in [1.807, 2.05) is 60.4 Å². The number of benzene rings is 2. The number of aryl methyl sites for hydroxylation is 1. The molecule has 1 aromatic heterocycles. The second-order valence-electron chi connectivity index (χ2n) is 7.75. The van der Waals surface area contributed by atoms with Crippen molar-refractivity contribution >= 4 is 5.91 Å². The van der Waals surface area contributed by atoms with Gasteiger partial charge in [-0.05, 0) is 49.6 Å². The number of amides is 1. The summed E-state index contributed by atoms with van der Waals surface area (Å²) in [5.74, 6) is 1.75. The van der Waals surface area contributed by atoms with Crippen molar-refractivity contribution < 1.29 is 9.53 Å². The molecule has 0 atom stereocenters. The van der Waals surface area contributed by atoms with Crippen molar-refractivity contribution in [2.24, 2.45) is 0 Å².